The van der Waals surface area contributed by atoms with Crippen LogP contribution in [-0.4, -0.2) is 15.3 Å². The van der Waals surface area contributed by atoms with Crippen LogP contribution in [0.3, 0.4) is 0 Å². The minimum absolute atomic E-state index is 0.00508. The van der Waals surface area contributed by atoms with Crippen molar-refractivity contribution < 1.29 is 18.0 Å². The fourth-order valence-electron chi connectivity index (χ4n) is 3.00. The van der Waals surface area contributed by atoms with Gasteiger partial charge in [0.25, 0.3) is 0 Å². The maximum Gasteiger partial charge on any atom is 0.230 e. The molecule has 0 aliphatic heterocycles. The highest BCUT2D eigenvalue weighted by atomic mass is 19.1. The van der Waals surface area contributed by atoms with E-state index in [1.54, 1.807) is 12.1 Å². The molecular formula is C21H14F3N3O. The van der Waals surface area contributed by atoms with Crippen molar-refractivity contribution in [3.05, 3.63) is 89.9 Å². The molecule has 140 valence electrons. The van der Waals surface area contributed by atoms with Gasteiger partial charge in [0.2, 0.25) is 5.91 Å². The Kier molecular flexibility index (Phi) is 4.57. The molecule has 1 N–H and O–H groups in total. The molecule has 0 spiro atoms. The number of aromatic nitrogens is 2. The lowest BCUT2D eigenvalue weighted by molar-refractivity contribution is -0.115. The monoisotopic (exact) mass is 381 g/mol. The van der Waals surface area contributed by atoms with Crippen molar-refractivity contribution in [2.24, 2.45) is 0 Å². The predicted molar refractivity (Wildman–Crippen MR) is 99.3 cm³/mol. The molecule has 0 bridgehead atoms. The molecule has 0 fully saturated rings. The summed E-state index contributed by atoms with van der Waals surface area (Å²) in [4.78, 5) is 16.7. The molecule has 4 nitrogen and oxygen atoms in total. The van der Waals surface area contributed by atoms with Gasteiger partial charge in [0, 0.05) is 17.8 Å². The average molecular weight is 381 g/mol. The van der Waals surface area contributed by atoms with Crippen LogP contribution in [0.25, 0.3) is 16.9 Å². The number of hydrogen-bond donors (Lipinski definition) is 1. The number of imidazole rings is 1. The lowest BCUT2D eigenvalue weighted by atomic mass is 10.1. The first kappa shape index (κ1) is 17.8. The number of nitrogens with zero attached hydrogens (tertiary/aromatic N) is 2. The number of halogens is 3. The highest BCUT2D eigenvalue weighted by Gasteiger charge is 2.20. The second-order valence-electron chi connectivity index (χ2n) is 6.22. The van der Waals surface area contributed by atoms with Gasteiger partial charge >= 0.3 is 0 Å². The van der Waals surface area contributed by atoms with Gasteiger partial charge < -0.3 is 5.32 Å². The van der Waals surface area contributed by atoms with E-state index in [1.165, 1.54) is 22.6 Å². The summed E-state index contributed by atoms with van der Waals surface area (Å²) in [5, 5.41) is 2.65. The number of benzene rings is 2. The van der Waals surface area contributed by atoms with E-state index in [0.717, 1.165) is 23.9 Å². The third kappa shape index (κ3) is 3.46. The summed E-state index contributed by atoms with van der Waals surface area (Å²) in [5.74, 6) is -2.44. The molecule has 0 atom stereocenters. The highest BCUT2D eigenvalue weighted by Crippen LogP contribution is 2.31. The van der Waals surface area contributed by atoms with E-state index in [9.17, 15) is 18.0 Å². The van der Waals surface area contributed by atoms with Gasteiger partial charge in [0.15, 0.2) is 5.82 Å². The minimum Gasteiger partial charge on any atom is -0.309 e. The number of fused-ring (bicyclic) bond motifs is 1. The number of carbonyl (C=O) groups is 1. The maximum atomic E-state index is 14.4. The lowest BCUT2D eigenvalue weighted by Crippen LogP contribution is -2.15. The zero-order valence-electron chi connectivity index (χ0n) is 14.5. The first-order valence-corrected chi connectivity index (χ1v) is 8.48. The predicted octanol–water partition coefficient (Wildman–Crippen LogP) is 4.60. The van der Waals surface area contributed by atoms with Crippen LogP contribution >= 0.6 is 0 Å². The quantitative estimate of drug-likeness (QED) is 0.562. The van der Waals surface area contributed by atoms with E-state index in [2.05, 4.69) is 10.3 Å². The van der Waals surface area contributed by atoms with Crippen LogP contribution < -0.4 is 5.32 Å². The molecule has 0 unspecified atom stereocenters. The van der Waals surface area contributed by atoms with Crippen molar-refractivity contribution >= 4 is 17.4 Å². The largest absolute Gasteiger partial charge is 0.309 e. The van der Waals surface area contributed by atoms with Crippen LogP contribution in [0.15, 0.2) is 66.9 Å². The second kappa shape index (κ2) is 7.19. The van der Waals surface area contributed by atoms with E-state index in [-0.39, 0.29) is 29.4 Å². The summed E-state index contributed by atoms with van der Waals surface area (Å²) in [5.41, 5.74) is 1.24. The van der Waals surface area contributed by atoms with E-state index in [0.29, 0.717) is 5.65 Å². The van der Waals surface area contributed by atoms with Crippen LogP contribution in [0.5, 0.6) is 0 Å². The van der Waals surface area contributed by atoms with Crippen molar-refractivity contribution in [3.63, 3.8) is 0 Å². The molecule has 2 aromatic carbocycles. The third-order valence-electron chi connectivity index (χ3n) is 4.23. The first-order valence-electron chi connectivity index (χ1n) is 8.48. The van der Waals surface area contributed by atoms with E-state index >= 15 is 0 Å². The molecule has 28 heavy (non-hydrogen) atoms. The maximum absolute atomic E-state index is 14.4. The molecule has 4 rings (SSSR count). The summed E-state index contributed by atoms with van der Waals surface area (Å²) < 4.78 is 42.8. The first-order chi connectivity index (χ1) is 13.5. The van der Waals surface area contributed by atoms with Gasteiger partial charge in [-0.05, 0) is 29.8 Å². The fourth-order valence-corrected chi connectivity index (χ4v) is 3.00. The van der Waals surface area contributed by atoms with Gasteiger partial charge in [-0.3, -0.25) is 9.20 Å². The fraction of sp³-hybridized carbons (Fsp3) is 0.0476. The van der Waals surface area contributed by atoms with Crippen LogP contribution in [-0.2, 0) is 11.2 Å². The number of amides is 1. The van der Waals surface area contributed by atoms with Gasteiger partial charge in [-0.25, -0.2) is 18.2 Å². The van der Waals surface area contributed by atoms with Crippen molar-refractivity contribution in [2.45, 2.75) is 6.42 Å². The van der Waals surface area contributed by atoms with Gasteiger partial charge in [0.05, 0.1) is 6.42 Å². The van der Waals surface area contributed by atoms with Crippen molar-refractivity contribution in [3.8, 4) is 11.3 Å². The SMILES string of the molecule is O=C(Cc1ccccc1)Nc1nc2ccc(F)cn2c1-c1ccc(F)cc1F. The standard InChI is InChI=1S/C21H14F3N3O/c22-14-6-8-16(17(24)11-14)20-21(25-18-9-7-15(23)12-27(18)20)26-19(28)10-13-4-2-1-3-5-13/h1-9,11-12H,10H2,(H,26,28). The molecule has 4 aromatic rings. The summed E-state index contributed by atoms with van der Waals surface area (Å²) in [6, 6.07) is 14.7. The van der Waals surface area contributed by atoms with Crippen molar-refractivity contribution in [1.82, 2.24) is 9.38 Å². The number of carbonyl (C=O) groups excluding carboxylic acids is 1. The summed E-state index contributed by atoms with van der Waals surface area (Å²) >= 11 is 0. The molecule has 0 saturated heterocycles. The van der Waals surface area contributed by atoms with Gasteiger partial charge in [-0.1, -0.05) is 30.3 Å². The average Bonchev–Trinajstić information content (AvgIpc) is 2.99. The Morgan fingerprint density at radius 2 is 1.71 bits per heavy atom. The van der Waals surface area contributed by atoms with Gasteiger partial charge in [-0.15, -0.1) is 0 Å². The van der Waals surface area contributed by atoms with E-state index in [4.69, 9.17) is 0 Å². The van der Waals surface area contributed by atoms with E-state index in [1.807, 2.05) is 18.2 Å². The third-order valence-corrected chi connectivity index (χ3v) is 4.23. The Labute approximate surface area is 158 Å². The Morgan fingerprint density at radius 1 is 0.964 bits per heavy atom. The Morgan fingerprint density at radius 3 is 2.46 bits per heavy atom. The van der Waals surface area contributed by atoms with Crippen molar-refractivity contribution in [1.29, 1.82) is 0 Å². The molecule has 0 radical (unpaired) electrons. The lowest BCUT2D eigenvalue weighted by Gasteiger charge is -2.08. The molecule has 2 aromatic heterocycles. The molecular weight excluding hydrogens is 367 g/mol. The molecule has 7 heteroatoms. The van der Waals surface area contributed by atoms with Gasteiger partial charge in [0.1, 0.15) is 28.8 Å². The van der Waals surface area contributed by atoms with E-state index < -0.39 is 17.5 Å². The van der Waals surface area contributed by atoms with Crippen LogP contribution in [0, 0.1) is 17.5 Å². The zero-order valence-corrected chi connectivity index (χ0v) is 14.5. The highest BCUT2D eigenvalue weighted by molar-refractivity contribution is 5.95. The number of rotatable bonds is 4. The summed E-state index contributed by atoms with van der Waals surface area (Å²) in [6.45, 7) is 0. The van der Waals surface area contributed by atoms with Crippen molar-refractivity contribution in [2.75, 3.05) is 5.32 Å². The molecule has 0 saturated carbocycles. The van der Waals surface area contributed by atoms with Crippen LogP contribution in [0.1, 0.15) is 5.56 Å². The summed E-state index contributed by atoms with van der Waals surface area (Å²) in [6.07, 6.45) is 1.22. The molecule has 1 amide bonds. The normalized spacial score (nSPS) is 11.0. The van der Waals surface area contributed by atoms with Crippen LogP contribution in [0.2, 0.25) is 0 Å². The van der Waals surface area contributed by atoms with Gasteiger partial charge in [-0.2, -0.15) is 0 Å². The molecule has 2 heterocycles. The smallest absolute Gasteiger partial charge is 0.230 e. The Bertz CT molecular complexity index is 1170. The summed E-state index contributed by atoms with van der Waals surface area (Å²) in [7, 11) is 0. The zero-order chi connectivity index (χ0) is 19.7. The topological polar surface area (TPSA) is 46.4 Å². The Balaban J connectivity index is 1.78. The minimum atomic E-state index is -0.843. The Hall–Kier alpha value is -3.61. The van der Waals surface area contributed by atoms with Crippen LogP contribution in [0.4, 0.5) is 19.0 Å². The number of anilines is 1. The second-order valence-corrected chi connectivity index (χ2v) is 6.22. The molecule has 0 aliphatic rings. The number of pyridine rings is 1. The number of hydrogen-bond acceptors (Lipinski definition) is 2. The number of nitrogens with one attached hydrogen (secondary N) is 1. The molecule has 0 aliphatic carbocycles.